The molecule has 0 aliphatic carbocycles. The number of H-pyrrole nitrogens is 1. The van der Waals surface area contributed by atoms with Crippen molar-refractivity contribution in [1.29, 1.82) is 0 Å². The van der Waals surface area contributed by atoms with Crippen molar-refractivity contribution in [2.75, 3.05) is 6.54 Å². The predicted molar refractivity (Wildman–Crippen MR) is 55.6 cm³/mol. The molecule has 0 aromatic carbocycles. The van der Waals surface area contributed by atoms with E-state index in [0.717, 1.165) is 4.90 Å². The average molecular weight is 249 g/mol. The fraction of sp³-hybridized carbons (Fsp3) is 0.600. The van der Waals surface area contributed by atoms with E-state index in [1.54, 1.807) is 20.8 Å². The van der Waals surface area contributed by atoms with Gasteiger partial charge >= 0.3 is 6.18 Å². The molecule has 0 saturated carbocycles. The number of amides is 1. The van der Waals surface area contributed by atoms with Gasteiger partial charge in [-0.1, -0.05) is 0 Å². The molecule has 0 unspecified atom stereocenters. The fourth-order valence-electron chi connectivity index (χ4n) is 1.40. The van der Waals surface area contributed by atoms with E-state index in [4.69, 9.17) is 0 Å². The van der Waals surface area contributed by atoms with Gasteiger partial charge in [0.15, 0.2) is 0 Å². The molecule has 4 nitrogen and oxygen atoms in total. The summed E-state index contributed by atoms with van der Waals surface area (Å²) in [5, 5.41) is 6.15. The van der Waals surface area contributed by atoms with Crippen LogP contribution in [0.25, 0.3) is 0 Å². The van der Waals surface area contributed by atoms with Crippen LogP contribution in [0, 0.1) is 6.92 Å². The minimum absolute atomic E-state index is 0.169. The third-order valence-corrected chi connectivity index (χ3v) is 2.29. The van der Waals surface area contributed by atoms with Gasteiger partial charge < -0.3 is 4.90 Å². The minimum atomic E-state index is -4.41. The van der Waals surface area contributed by atoms with Crippen LogP contribution in [-0.4, -0.2) is 39.8 Å². The van der Waals surface area contributed by atoms with Crippen molar-refractivity contribution in [2.45, 2.75) is 33.0 Å². The van der Waals surface area contributed by atoms with Crippen molar-refractivity contribution >= 4 is 5.91 Å². The zero-order valence-electron chi connectivity index (χ0n) is 9.80. The van der Waals surface area contributed by atoms with Crippen LogP contribution in [0.2, 0.25) is 0 Å². The van der Waals surface area contributed by atoms with Crippen LogP contribution in [0.4, 0.5) is 13.2 Å². The second-order valence-corrected chi connectivity index (χ2v) is 4.05. The van der Waals surface area contributed by atoms with Crippen LogP contribution in [0.15, 0.2) is 6.20 Å². The summed E-state index contributed by atoms with van der Waals surface area (Å²) in [5.74, 6) is -0.663. The van der Waals surface area contributed by atoms with Crippen LogP contribution in [0.1, 0.15) is 29.9 Å². The summed E-state index contributed by atoms with van der Waals surface area (Å²) in [5.41, 5.74) is 0.630. The van der Waals surface area contributed by atoms with E-state index in [-0.39, 0.29) is 5.56 Å². The quantitative estimate of drug-likeness (QED) is 0.892. The first-order valence-electron chi connectivity index (χ1n) is 5.10. The number of carbonyl (C=O) groups is 1. The average Bonchev–Trinajstić information content (AvgIpc) is 2.58. The number of hydrogen-bond acceptors (Lipinski definition) is 2. The van der Waals surface area contributed by atoms with Crippen molar-refractivity contribution in [2.24, 2.45) is 0 Å². The molecule has 1 N–H and O–H groups in total. The van der Waals surface area contributed by atoms with E-state index in [1.165, 1.54) is 6.20 Å². The number of carbonyl (C=O) groups excluding carboxylic acids is 1. The number of hydrogen-bond donors (Lipinski definition) is 1. The van der Waals surface area contributed by atoms with Crippen molar-refractivity contribution < 1.29 is 18.0 Å². The SMILES string of the molecule is Cc1[nH]ncc1C(=O)N(CC(F)(F)F)C(C)C. The highest BCUT2D eigenvalue weighted by molar-refractivity contribution is 5.95. The number of nitrogens with zero attached hydrogens (tertiary/aromatic N) is 2. The molecule has 0 atom stereocenters. The summed E-state index contributed by atoms with van der Waals surface area (Å²) in [7, 11) is 0. The molecule has 0 saturated heterocycles. The molecule has 0 spiro atoms. The summed E-state index contributed by atoms with van der Waals surface area (Å²) in [6.07, 6.45) is -3.17. The first-order valence-corrected chi connectivity index (χ1v) is 5.10. The maximum Gasteiger partial charge on any atom is 0.406 e. The number of aromatic amines is 1. The Hall–Kier alpha value is -1.53. The molecule has 17 heavy (non-hydrogen) atoms. The van der Waals surface area contributed by atoms with Gasteiger partial charge in [-0.2, -0.15) is 18.3 Å². The van der Waals surface area contributed by atoms with Crippen LogP contribution >= 0.6 is 0 Å². The molecule has 0 fully saturated rings. The Balaban J connectivity index is 2.93. The Bertz CT molecular complexity index is 398. The molecule has 1 amide bonds. The lowest BCUT2D eigenvalue weighted by atomic mass is 10.2. The predicted octanol–water partition coefficient (Wildman–Crippen LogP) is 2.13. The molecule has 0 radical (unpaired) electrons. The summed E-state index contributed by atoms with van der Waals surface area (Å²) in [6.45, 7) is 3.42. The van der Waals surface area contributed by atoms with Crippen LogP contribution in [0.5, 0.6) is 0 Å². The lowest BCUT2D eigenvalue weighted by molar-refractivity contribution is -0.143. The van der Waals surface area contributed by atoms with E-state index in [2.05, 4.69) is 10.2 Å². The minimum Gasteiger partial charge on any atom is -0.327 e. The Morgan fingerprint density at radius 1 is 1.53 bits per heavy atom. The normalized spacial score (nSPS) is 11.9. The molecule has 7 heteroatoms. The van der Waals surface area contributed by atoms with Crippen molar-refractivity contribution in [3.05, 3.63) is 17.5 Å². The Morgan fingerprint density at radius 3 is 2.47 bits per heavy atom. The lowest BCUT2D eigenvalue weighted by Crippen LogP contribution is -2.43. The highest BCUT2D eigenvalue weighted by atomic mass is 19.4. The molecule has 0 aliphatic rings. The van der Waals surface area contributed by atoms with Gasteiger partial charge in [-0.3, -0.25) is 9.89 Å². The van der Waals surface area contributed by atoms with Crippen molar-refractivity contribution in [3.63, 3.8) is 0 Å². The van der Waals surface area contributed by atoms with Gasteiger partial charge in [-0.05, 0) is 20.8 Å². The van der Waals surface area contributed by atoms with Gasteiger partial charge in [0.25, 0.3) is 5.91 Å². The number of rotatable bonds is 3. The zero-order valence-corrected chi connectivity index (χ0v) is 9.80. The van der Waals surface area contributed by atoms with Crippen LogP contribution in [0.3, 0.4) is 0 Å². The van der Waals surface area contributed by atoms with Gasteiger partial charge in [-0.15, -0.1) is 0 Å². The molecule has 1 aromatic rings. The molecule has 1 rings (SSSR count). The fourth-order valence-corrected chi connectivity index (χ4v) is 1.40. The molecular formula is C10H14F3N3O. The largest absolute Gasteiger partial charge is 0.406 e. The summed E-state index contributed by atoms with van der Waals surface area (Å²) >= 11 is 0. The Morgan fingerprint density at radius 2 is 2.12 bits per heavy atom. The molecule has 1 heterocycles. The van der Waals surface area contributed by atoms with Crippen molar-refractivity contribution in [1.82, 2.24) is 15.1 Å². The summed E-state index contributed by atoms with van der Waals surface area (Å²) in [4.78, 5) is 12.7. The molecule has 0 bridgehead atoms. The monoisotopic (exact) mass is 249 g/mol. The number of aromatic nitrogens is 2. The second-order valence-electron chi connectivity index (χ2n) is 4.05. The maximum atomic E-state index is 12.4. The topological polar surface area (TPSA) is 49.0 Å². The maximum absolute atomic E-state index is 12.4. The van der Waals surface area contributed by atoms with Gasteiger partial charge in [0, 0.05) is 11.7 Å². The van der Waals surface area contributed by atoms with E-state index >= 15 is 0 Å². The van der Waals surface area contributed by atoms with E-state index in [9.17, 15) is 18.0 Å². The van der Waals surface area contributed by atoms with Gasteiger partial charge in [0.2, 0.25) is 0 Å². The Kier molecular flexibility index (Phi) is 3.79. The molecule has 0 aliphatic heterocycles. The number of halogens is 3. The summed E-state index contributed by atoms with van der Waals surface area (Å²) < 4.78 is 37.1. The van der Waals surface area contributed by atoms with Crippen LogP contribution < -0.4 is 0 Å². The highest BCUT2D eigenvalue weighted by Gasteiger charge is 2.35. The van der Waals surface area contributed by atoms with Gasteiger partial charge in [-0.25, -0.2) is 0 Å². The Labute approximate surface area is 96.8 Å². The number of alkyl halides is 3. The van der Waals surface area contributed by atoms with E-state index < -0.39 is 24.7 Å². The van der Waals surface area contributed by atoms with Gasteiger partial charge in [0.05, 0.1) is 11.8 Å². The smallest absolute Gasteiger partial charge is 0.327 e. The summed E-state index contributed by atoms with van der Waals surface area (Å²) in [6, 6.07) is -0.529. The molecule has 96 valence electrons. The first kappa shape index (κ1) is 13.5. The second kappa shape index (κ2) is 4.77. The third kappa shape index (κ3) is 3.47. The van der Waals surface area contributed by atoms with E-state index in [1.807, 2.05) is 0 Å². The first-order chi connectivity index (χ1) is 7.72. The standard InChI is InChI=1S/C10H14F3N3O/c1-6(2)16(5-10(11,12)13)9(17)8-4-14-15-7(8)3/h4,6H,5H2,1-3H3,(H,14,15). The molecular weight excluding hydrogens is 235 g/mol. The number of aryl methyl sites for hydroxylation is 1. The van der Waals surface area contributed by atoms with E-state index in [0.29, 0.717) is 5.69 Å². The zero-order chi connectivity index (χ0) is 13.2. The van der Waals surface area contributed by atoms with Gasteiger partial charge in [0.1, 0.15) is 6.54 Å². The lowest BCUT2D eigenvalue weighted by Gasteiger charge is -2.27. The number of nitrogens with one attached hydrogen (secondary N) is 1. The highest BCUT2D eigenvalue weighted by Crippen LogP contribution is 2.20. The van der Waals surface area contributed by atoms with Crippen LogP contribution in [-0.2, 0) is 0 Å². The third-order valence-electron chi connectivity index (χ3n) is 2.29. The van der Waals surface area contributed by atoms with Crippen molar-refractivity contribution in [3.8, 4) is 0 Å². The molecule has 1 aromatic heterocycles.